The topological polar surface area (TPSA) is 67.2 Å². The molecule has 1 rings (SSSR count). The summed E-state index contributed by atoms with van der Waals surface area (Å²) < 4.78 is 0. The lowest BCUT2D eigenvalue weighted by molar-refractivity contribution is 0.0953. The number of nitrogens with one attached hydrogen (secondary N) is 2. The highest BCUT2D eigenvalue weighted by molar-refractivity contribution is 7.98. The molecule has 0 aliphatic carbocycles. The molecule has 1 amide bonds. The second-order valence-corrected chi connectivity index (χ2v) is 5.92. The molecule has 0 radical (unpaired) electrons. The van der Waals surface area contributed by atoms with Crippen LogP contribution in [0.5, 0.6) is 0 Å². The van der Waals surface area contributed by atoms with E-state index >= 15 is 0 Å². The fourth-order valence-corrected chi connectivity index (χ4v) is 2.52. The Morgan fingerprint density at radius 3 is 2.75 bits per heavy atom. The third kappa shape index (κ3) is 6.03. The molecule has 6 heteroatoms. The molecular weight excluding hydrogens is 294 g/mol. The summed E-state index contributed by atoms with van der Waals surface area (Å²) in [5, 5.41) is 3.41. The lowest BCUT2D eigenvalue weighted by Gasteiger charge is -2.10. The maximum Gasteiger partial charge on any atom is 0.253 e. The summed E-state index contributed by atoms with van der Waals surface area (Å²) in [6, 6.07) is 5.00. The van der Waals surface area contributed by atoms with Gasteiger partial charge in [0.1, 0.15) is 0 Å². The number of hydrogen-bond acceptors (Lipinski definition) is 4. The summed E-state index contributed by atoms with van der Waals surface area (Å²) >= 11 is 7.77. The van der Waals surface area contributed by atoms with Gasteiger partial charge in [0, 0.05) is 11.6 Å². The Morgan fingerprint density at radius 1 is 1.30 bits per heavy atom. The Kier molecular flexibility index (Phi) is 8.49. The number of carbonyl (C=O) groups is 1. The molecule has 1 aromatic carbocycles. The fraction of sp³-hybridized carbons (Fsp3) is 0.500. The minimum absolute atomic E-state index is 0.149. The Labute approximate surface area is 129 Å². The van der Waals surface area contributed by atoms with E-state index in [0.717, 1.165) is 12.8 Å². The van der Waals surface area contributed by atoms with E-state index in [9.17, 15) is 4.79 Å². The van der Waals surface area contributed by atoms with E-state index in [1.54, 1.807) is 18.2 Å². The Bertz CT molecular complexity index is 429. The van der Waals surface area contributed by atoms with Crippen molar-refractivity contribution in [2.24, 2.45) is 5.84 Å². The van der Waals surface area contributed by atoms with Gasteiger partial charge in [-0.05, 0) is 43.0 Å². The number of halogens is 1. The minimum Gasteiger partial charge on any atom is -0.352 e. The Balaban J connectivity index is 2.34. The number of nitrogen functional groups attached to an aromatic ring is 1. The molecule has 0 unspecified atom stereocenters. The van der Waals surface area contributed by atoms with E-state index in [2.05, 4.69) is 17.0 Å². The quantitative estimate of drug-likeness (QED) is 0.372. The van der Waals surface area contributed by atoms with Gasteiger partial charge in [0.2, 0.25) is 0 Å². The first-order chi connectivity index (χ1) is 9.69. The van der Waals surface area contributed by atoms with Crippen LogP contribution in [0.1, 0.15) is 36.0 Å². The van der Waals surface area contributed by atoms with Crippen molar-refractivity contribution >= 4 is 35.0 Å². The molecule has 0 spiro atoms. The standard InChI is InChI=1S/C14H22ClN3OS/c1-20-9-5-3-2-4-8-17-14(19)12-10-11(15)6-7-13(12)18-16/h6-7,10,18H,2-5,8-9,16H2,1H3,(H,17,19). The zero-order valence-corrected chi connectivity index (χ0v) is 13.3. The molecule has 0 aliphatic heterocycles. The molecule has 112 valence electrons. The van der Waals surface area contributed by atoms with E-state index < -0.39 is 0 Å². The Morgan fingerprint density at radius 2 is 2.05 bits per heavy atom. The first kappa shape index (κ1) is 17.1. The normalized spacial score (nSPS) is 10.3. The first-order valence-electron chi connectivity index (χ1n) is 6.72. The van der Waals surface area contributed by atoms with Crippen LogP contribution >= 0.6 is 23.4 Å². The predicted molar refractivity (Wildman–Crippen MR) is 88.4 cm³/mol. The average Bonchev–Trinajstić information content (AvgIpc) is 2.46. The van der Waals surface area contributed by atoms with Crippen LogP contribution < -0.4 is 16.6 Å². The number of rotatable bonds is 9. The number of hydrazine groups is 1. The second-order valence-electron chi connectivity index (χ2n) is 4.50. The molecule has 20 heavy (non-hydrogen) atoms. The summed E-state index contributed by atoms with van der Waals surface area (Å²) in [4.78, 5) is 12.0. The van der Waals surface area contributed by atoms with Crippen molar-refractivity contribution in [2.45, 2.75) is 25.7 Å². The number of anilines is 1. The van der Waals surface area contributed by atoms with Crippen LogP contribution in [0.4, 0.5) is 5.69 Å². The van der Waals surface area contributed by atoms with Crippen LogP contribution in [0, 0.1) is 0 Å². The van der Waals surface area contributed by atoms with Gasteiger partial charge in [0.05, 0.1) is 11.3 Å². The highest BCUT2D eigenvalue weighted by Crippen LogP contribution is 2.19. The number of hydrogen-bond donors (Lipinski definition) is 3. The molecular formula is C14H22ClN3OS. The number of amides is 1. The van der Waals surface area contributed by atoms with Gasteiger partial charge < -0.3 is 10.7 Å². The number of nitrogens with two attached hydrogens (primary N) is 1. The third-order valence-electron chi connectivity index (χ3n) is 2.94. The van der Waals surface area contributed by atoms with Gasteiger partial charge >= 0.3 is 0 Å². The van der Waals surface area contributed by atoms with Crippen molar-refractivity contribution in [3.05, 3.63) is 28.8 Å². The van der Waals surface area contributed by atoms with Gasteiger partial charge in [-0.15, -0.1) is 0 Å². The minimum atomic E-state index is -0.149. The summed E-state index contributed by atoms with van der Waals surface area (Å²) in [5.74, 6) is 6.45. The summed E-state index contributed by atoms with van der Waals surface area (Å²) in [6.07, 6.45) is 6.70. The molecule has 0 bridgehead atoms. The first-order valence-corrected chi connectivity index (χ1v) is 8.49. The molecule has 4 N–H and O–H groups in total. The molecule has 0 atom stereocenters. The number of benzene rings is 1. The number of unbranched alkanes of at least 4 members (excludes halogenated alkanes) is 3. The van der Waals surface area contributed by atoms with E-state index in [-0.39, 0.29) is 5.91 Å². The van der Waals surface area contributed by atoms with Crippen LogP contribution in [0.25, 0.3) is 0 Å². The molecule has 0 saturated carbocycles. The molecule has 0 saturated heterocycles. The van der Waals surface area contributed by atoms with E-state index in [1.807, 2.05) is 11.8 Å². The molecule has 0 fully saturated rings. The van der Waals surface area contributed by atoms with Gasteiger partial charge in [-0.3, -0.25) is 10.6 Å². The van der Waals surface area contributed by atoms with Gasteiger partial charge in [0.15, 0.2) is 0 Å². The molecule has 0 aliphatic rings. The van der Waals surface area contributed by atoms with Crippen molar-refractivity contribution in [2.75, 3.05) is 24.0 Å². The van der Waals surface area contributed by atoms with Crippen LogP contribution in [-0.4, -0.2) is 24.5 Å². The van der Waals surface area contributed by atoms with E-state index in [1.165, 1.54) is 18.6 Å². The third-order valence-corrected chi connectivity index (χ3v) is 3.87. The number of carbonyl (C=O) groups excluding carboxylic acids is 1. The lowest BCUT2D eigenvalue weighted by Crippen LogP contribution is -2.26. The average molecular weight is 316 g/mol. The predicted octanol–water partition coefficient (Wildman–Crippen LogP) is 3.28. The maximum absolute atomic E-state index is 12.0. The lowest BCUT2D eigenvalue weighted by atomic mass is 10.1. The van der Waals surface area contributed by atoms with Crippen molar-refractivity contribution in [1.29, 1.82) is 0 Å². The molecule has 4 nitrogen and oxygen atoms in total. The summed E-state index contributed by atoms with van der Waals surface area (Å²) in [7, 11) is 0. The molecule has 0 heterocycles. The van der Waals surface area contributed by atoms with Crippen molar-refractivity contribution in [3.63, 3.8) is 0 Å². The smallest absolute Gasteiger partial charge is 0.253 e. The monoisotopic (exact) mass is 315 g/mol. The maximum atomic E-state index is 12.0. The van der Waals surface area contributed by atoms with Crippen molar-refractivity contribution in [1.82, 2.24) is 5.32 Å². The SMILES string of the molecule is CSCCCCCCNC(=O)c1cc(Cl)ccc1NN. The number of thioether (sulfide) groups is 1. The highest BCUT2D eigenvalue weighted by atomic mass is 35.5. The van der Waals surface area contributed by atoms with Gasteiger partial charge in [-0.2, -0.15) is 11.8 Å². The zero-order chi connectivity index (χ0) is 14.8. The van der Waals surface area contributed by atoms with E-state index in [0.29, 0.717) is 22.8 Å². The van der Waals surface area contributed by atoms with Crippen LogP contribution in [0.3, 0.4) is 0 Å². The largest absolute Gasteiger partial charge is 0.352 e. The molecule has 1 aromatic rings. The highest BCUT2D eigenvalue weighted by Gasteiger charge is 2.10. The molecule has 0 aromatic heterocycles. The Hall–Kier alpha value is -0.910. The second kappa shape index (κ2) is 9.91. The summed E-state index contributed by atoms with van der Waals surface area (Å²) in [6.45, 7) is 0.675. The van der Waals surface area contributed by atoms with Gasteiger partial charge in [-0.25, -0.2) is 0 Å². The zero-order valence-electron chi connectivity index (χ0n) is 11.7. The van der Waals surface area contributed by atoms with Crippen LogP contribution in [0.2, 0.25) is 5.02 Å². The van der Waals surface area contributed by atoms with Crippen molar-refractivity contribution in [3.8, 4) is 0 Å². The van der Waals surface area contributed by atoms with Crippen LogP contribution in [0.15, 0.2) is 18.2 Å². The van der Waals surface area contributed by atoms with Crippen LogP contribution in [-0.2, 0) is 0 Å². The van der Waals surface area contributed by atoms with Gasteiger partial charge in [-0.1, -0.05) is 24.4 Å². The van der Waals surface area contributed by atoms with Gasteiger partial charge in [0.25, 0.3) is 5.91 Å². The van der Waals surface area contributed by atoms with Crippen molar-refractivity contribution < 1.29 is 4.79 Å². The van der Waals surface area contributed by atoms with E-state index in [4.69, 9.17) is 17.4 Å². The summed E-state index contributed by atoms with van der Waals surface area (Å²) in [5.41, 5.74) is 3.56. The fourth-order valence-electron chi connectivity index (χ4n) is 1.85.